The second-order valence-corrected chi connectivity index (χ2v) is 6.07. The molecule has 1 rings (SSSR count). The lowest BCUT2D eigenvalue weighted by Crippen LogP contribution is -2.49. The number of hydrogen-bond acceptors (Lipinski definition) is 3. The summed E-state index contributed by atoms with van der Waals surface area (Å²) < 4.78 is 31.3. The van der Waals surface area contributed by atoms with Gasteiger partial charge in [-0.15, -0.1) is 0 Å². The molecule has 0 amide bonds. The van der Waals surface area contributed by atoms with Crippen LogP contribution in [0, 0.1) is 11.8 Å². The highest BCUT2D eigenvalue weighted by Gasteiger charge is 2.50. The fourth-order valence-corrected chi connectivity index (χ4v) is 3.50. The maximum absolute atomic E-state index is 11.1. The van der Waals surface area contributed by atoms with Gasteiger partial charge in [0.05, 0.1) is 0 Å². The van der Waals surface area contributed by atoms with E-state index in [1.165, 1.54) is 0 Å². The van der Waals surface area contributed by atoms with Crippen molar-refractivity contribution in [1.29, 1.82) is 0 Å². The van der Waals surface area contributed by atoms with E-state index in [9.17, 15) is 13.5 Å². The summed E-state index contributed by atoms with van der Waals surface area (Å²) in [6.07, 6.45) is 2.38. The normalized spacial score (nSPS) is 34.8. The van der Waals surface area contributed by atoms with E-state index < -0.39 is 15.1 Å². The molecular formula is C9H18O4S. The van der Waals surface area contributed by atoms with Crippen molar-refractivity contribution in [2.75, 3.05) is 0 Å². The van der Waals surface area contributed by atoms with E-state index in [2.05, 4.69) is 0 Å². The van der Waals surface area contributed by atoms with Gasteiger partial charge < -0.3 is 5.11 Å². The molecule has 1 aliphatic carbocycles. The van der Waals surface area contributed by atoms with Crippen LogP contribution in [-0.4, -0.2) is 23.0 Å². The number of rotatable bonds is 2. The third kappa shape index (κ3) is 1.94. The molecule has 0 aromatic rings. The van der Waals surface area contributed by atoms with Crippen molar-refractivity contribution in [3.63, 3.8) is 0 Å². The molecular weight excluding hydrogens is 204 g/mol. The van der Waals surface area contributed by atoms with Crippen molar-refractivity contribution in [3.8, 4) is 0 Å². The molecule has 2 N–H and O–H groups in total. The summed E-state index contributed by atoms with van der Waals surface area (Å²) >= 11 is 0. The molecule has 1 saturated carbocycles. The molecule has 2 unspecified atom stereocenters. The lowest BCUT2D eigenvalue weighted by Gasteiger charge is -2.39. The molecule has 0 aromatic carbocycles. The van der Waals surface area contributed by atoms with Crippen LogP contribution in [0.5, 0.6) is 0 Å². The van der Waals surface area contributed by atoms with E-state index in [-0.39, 0.29) is 18.3 Å². The van der Waals surface area contributed by atoms with Crippen LogP contribution < -0.4 is 0 Å². The van der Waals surface area contributed by atoms with Crippen LogP contribution in [0.3, 0.4) is 0 Å². The lowest BCUT2D eigenvalue weighted by molar-refractivity contribution is -0.00217. The van der Waals surface area contributed by atoms with E-state index in [1.807, 2.05) is 13.8 Å². The van der Waals surface area contributed by atoms with Gasteiger partial charge >= 0.3 is 0 Å². The van der Waals surface area contributed by atoms with Crippen molar-refractivity contribution in [2.45, 2.75) is 44.5 Å². The molecule has 0 spiro atoms. The fraction of sp³-hybridized carbons (Fsp3) is 1.00. The zero-order valence-corrected chi connectivity index (χ0v) is 9.42. The lowest BCUT2D eigenvalue weighted by atomic mass is 9.79. The van der Waals surface area contributed by atoms with Gasteiger partial charge in [0.2, 0.25) is 0 Å². The highest BCUT2D eigenvalue weighted by atomic mass is 32.2. The largest absolute Gasteiger partial charge is 0.372 e. The Hall–Kier alpha value is -0.130. The average Bonchev–Trinajstić information content (AvgIpc) is 2.02. The Bertz CT molecular complexity index is 296. The first-order chi connectivity index (χ1) is 6.29. The van der Waals surface area contributed by atoms with Crippen molar-refractivity contribution >= 4 is 10.1 Å². The molecule has 14 heavy (non-hydrogen) atoms. The highest BCUT2D eigenvalue weighted by molar-refractivity contribution is 7.87. The van der Waals surface area contributed by atoms with Crippen LogP contribution in [-0.2, 0) is 10.1 Å². The van der Waals surface area contributed by atoms with Crippen LogP contribution in [0.25, 0.3) is 0 Å². The highest BCUT2D eigenvalue weighted by Crippen LogP contribution is 2.41. The minimum atomic E-state index is -4.36. The first-order valence-corrected chi connectivity index (χ1v) is 6.42. The SMILES string of the molecule is CC(C)C1CCCCC1(O)S(=O)(=O)O. The molecule has 0 heterocycles. The van der Waals surface area contributed by atoms with Gasteiger partial charge in [-0.1, -0.05) is 20.3 Å². The Morgan fingerprint density at radius 1 is 1.36 bits per heavy atom. The molecule has 1 aliphatic rings. The first kappa shape index (κ1) is 11.9. The Morgan fingerprint density at radius 3 is 2.29 bits per heavy atom. The summed E-state index contributed by atoms with van der Waals surface area (Å²) in [6.45, 7) is 3.73. The zero-order valence-electron chi connectivity index (χ0n) is 8.60. The van der Waals surface area contributed by atoms with Crippen LogP contribution in [0.1, 0.15) is 39.5 Å². The van der Waals surface area contributed by atoms with Gasteiger partial charge in [-0.05, 0) is 25.2 Å². The Morgan fingerprint density at radius 2 is 1.93 bits per heavy atom. The molecule has 4 nitrogen and oxygen atoms in total. The molecule has 0 aromatic heterocycles. The average molecular weight is 222 g/mol. The van der Waals surface area contributed by atoms with Crippen molar-refractivity contribution in [3.05, 3.63) is 0 Å². The van der Waals surface area contributed by atoms with Gasteiger partial charge in [0.25, 0.3) is 10.1 Å². The molecule has 5 heteroatoms. The predicted molar refractivity (Wildman–Crippen MR) is 53.3 cm³/mol. The third-order valence-electron chi connectivity index (χ3n) is 3.13. The van der Waals surface area contributed by atoms with Crippen LogP contribution >= 0.6 is 0 Å². The van der Waals surface area contributed by atoms with Gasteiger partial charge in [-0.25, -0.2) is 0 Å². The second-order valence-electron chi connectivity index (χ2n) is 4.42. The maximum Gasteiger partial charge on any atom is 0.295 e. The van der Waals surface area contributed by atoms with E-state index >= 15 is 0 Å². The Kier molecular flexibility index (Phi) is 3.23. The van der Waals surface area contributed by atoms with E-state index in [4.69, 9.17) is 4.55 Å². The maximum atomic E-state index is 11.1. The molecule has 0 radical (unpaired) electrons. The Labute approximate surface area is 85.1 Å². The molecule has 84 valence electrons. The number of hydrogen-bond donors (Lipinski definition) is 2. The number of aliphatic hydroxyl groups is 1. The van der Waals surface area contributed by atoms with Gasteiger partial charge in [-0.2, -0.15) is 8.42 Å². The quantitative estimate of drug-likeness (QED) is 0.693. The predicted octanol–water partition coefficient (Wildman–Crippen LogP) is 1.41. The van der Waals surface area contributed by atoms with Crippen molar-refractivity contribution < 1.29 is 18.1 Å². The monoisotopic (exact) mass is 222 g/mol. The molecule has 0 aliphatic heterocycles. The molecule has 2 atom stereocenters. The van der Waals surface area contributed by atoms with Gasteiger partial charge in [0, 0.05) is 5.92 Å². The van der Waals surface area contributed by atoms with Gasteiger partial charge in [-0.3, -0.25) is 4.55 Å². The Balaban J connectivity index is 3.03. The van der Waals surface area contributed by atoms with Crippen LogP contribution in [0.15, 0.2) is 0 Å². The minimum absolute atomic E-state index is 0.0576. The van der Waals surface area contributed by atoms with E-state index in [0.717, 1.165) is 6.42 Å². The van der Waals surface area contributed by atoms with Crippen LogP contribution in [0.2, 0.25) is 0 Å². The fourth-order valence-electron chi connectivity index (χ4n) is 2.33. The zero-order chi connectivity index (χ0) is 11.0. The summed E-state index contributed by atoms with van der Waals surface area (Å²) in [5, 5.41) is 10.0. The second kappa shape index (κ2) is 3.79. The van der Waals surface area contributed by atoms with E-state index in [1.54, 1.807) is 0 Å². The first-order valence-electron chi connectivity index (χ1n) is 4.98. The topological polar surface area (TPSA) is 74.6 Å². The van der Waals surface area contributed by atoms with Crippen LogP contribution in [0.4, 0.5) is 0 Å². The molecule has 1 fully saturated rings. The summed E-state index contributed by atoms with van der Waals surface area (Å²) in [5.41, 5.74) is 0. The summed E-state index contributed by atoms with van der Waals surface area (Å²) in [5.74, 6) is -0.298. The smallest absolute Gasteiger partial charge is 0.295 e. The standard InChI is InChI=1S/C9H18O4S/c1-7(2)8-5-3-4-6-9(8,10)14(11,12)13/h7-8,10H,3-6H2,1-2H3,(H,11,12,13). The summed E-state index contributed by atoms with van der Waals surface area (Å²) in [4.78, 5) is -1.92. The summed E-state index contributed by atoms with van der Waals surface area (Å²) in [6, 6.07) is 0. The van der Waals surface area contributed by atoms with E-state index in [0.29, 0.717) is 12.8 Å². The summed E-state index contributed by atoms with van der Waals surface area (Å²) in [7, 11) is -4.36. The molecule has 0 saturated heterocycles. The van der Waals surface area contributed by atoms with Gasteiger partial charge in [0.1, 0.15) is 0 Å². The van der Waals surface area contributed by atoms with Crippen molar-refractivity contribution in [1.82, 2.24) is 0 Å². The minimum Gasteiger partial charge on any atom is -0.372 e. The van der Waals surface area contributed by atoms with Gasteiger partial charge in [0.15, 0.2) is 4.93 Å². The molecule has 0 bridgehead atoms. The third-order valence-corrected chi connectivity index (χ3v) is 4.53. The van der Waals surface area contributed by atoms with Crippen molar-refractivity contribution in [2.24, 2.45) is 11.8 Å².